The van der Waals surface area contributed by atoms with E-state index in [0.717, 1.165) is 17.5 Å². The van der Waals surface area contributed by atoms with Gasteiger partial charge in [-0.3, -0.25) is 4.79 Å². The van der Waals surface area contributed by atoms with Crippen LogP contribution in [-0.2, 0) is 22.7 Å². The van der Waals surface area contributed by atoms with Gasteiger partial charge in [0.15, 0.2) is 0 Å². The number of amides is 1. The minimum atomic E-state index is 0.146. The molecule has 3 nitrogen and oxygen atoms in total. The van der Waals surface area contributed by atoms with Crippen molar-refractivity contribution in [2.75, 3.05) is 7.11 Å². The van der Waals surface area contributed by atoms with Crippen molar-refractivity contribution in [3.8, 4) is 0 Å². The zero-order valence-corrected chi connectivity index (χ0v) is 13.8. The van der Waals surface area contributed by atoms with Crippen molar-refractivity contribution in [1.29, 1.82) is 0 Å². The third-order valence-electron chi connectivity index (χ3n) is 4.13. The molecule has 0 aliphatic heterocycles. The quantitative estimate of drug-likeness (QED) is 0.884. The van der Waals surface area contributed by atoms with Crippen molar-refractivity contribution in [3.63, 3.8) is 0 Å². The Hall–Kier alpha value is -1.65. The topological polar surface area (TPSA) is 38.3 Å². The zero-order valence-electron chi connectivity index (χ0n) is 13.0. The van der Waals surface area contributed by atoms with Crippen molar-refractivity contribution < 1.29 is 9.53 Å². The van der Waals surface area contributed by atoms with Crippen LogP contribution in [0, 0.1) is 12.8 Å². The summed E-state index contributed by atoms with van der Waals surface area (Å²) in [6.45, 7) is 3.26. The van der Waals surface area contributed by atoms with E-state index in [9.17, 15) is 4.79 Å². The van der Waals surface area contributed by atoms with E-state index in [2.05, 4.69) is 24.4 Å². The number of hydrogen-bond donors (Lipinski definition) is 1. The van der Waals surface area contributed by atoms with Crippen LogP contribution in [0.2, 0.25) is 0 Å². The highest BCUT2D eigenvalue weighted by Crippen LogP contribution is 2.49. The Labute approximate surface area is 135 Å². The fraction of sp³-hybridized carbons (Fsp3) is 0.389. The molecule has 0 saturated heterocycles. The second kappa shape index (κ2) is 6.63. The van der Waals surface area contributed by atoms with Crippen LogP contribution in [0.5, 0.6) is 0 Å². The minimum Gasteiger partial charge on any atom is -0.380 e. The van der Waals surface area contributed by atoms with Gasteiger partial charge in [-0.15, -0.1) is 11.3 Å². The van der Waals surface area contributed by atoms with Gasteiger partial charge in [0.2, 0.25) is 5.91 Å². The van der Waals surface area contributed by atoms with Crippen LogP contribution in [0.25, 0.3) is 0 Å². The molecular formula is C18H21NO2S. The highest BCUT2D eigenvalue weighted by Gasteiger charge is 2.44. The Morgan fingerprint density at radius 2 is 2.05 bits per heavy atom. The normalized spacial score (nSPS) is 19.9. The van der Waals surface area contributed by atoms with E-state index in [1.807, 2.05) is 24.3 Å². The van der Waals surface area contributed by atoms with Gasteiger partial charge in [-0.2, -0.15) is 0 Å². The summed E-state index contributed by atoms with van der Waals surface area (Å²) in [5, 5.41) is 3.08. The molecule has 1 heterocycles. The molecule has 1 aromatic carbocycles. The van der Waals surface area contributed by atoms with E-state index in [4.69, 9.17) is 4.74 Å². The van der Waals surface area contributed by atoms with Gasteiger partial charge in [-0.05, 0) is 36.6 Å². The summed E-state index contributed by atoms with van der Waals surface area (Å²) in [6, 6.07) is 12.4. The van der Waals surface area contributed by atoms with Gasteiger partial charge in [-0.25, -0.2) is 0 Å². The lowest BCUT2D eigenvalue weighted by Gasteiger charge is -2.10. The predicted octanol–water partition coefficient (Wildman–Crippen LogP) is 3.62. The monoisotopic (exact) mass is 315 g/mol. The molecule has 1 aliphatic rings. The van der Waals surface area contributed by atoms with Gasteiger partial charge in [0.1, 0.15) is 0 Å². The number of hydrogen-bond acceptors (Lipinski definition) is 3. The molecule has 1 fully saturated rings. The first-order valence-electron chi connectivity index (χ1n) is 7.59. The highest BCUT2D eigenvalue weighted by molar-refractivity contribution is 7.12. The third-order valence-corrected chi connectivity index (χ3v) is 5.26. The highest BCUT2D eigenvalue weighted by atomic mass is 32.1. The maximum Gasteiger partial charge on any atom is 0.224 e. The van der Waals surface area contributed by atoms with Crippen molar-refractivity contribution in [3.05, 3.63) is 57.3 Å². The fourth-order valence-corrected chi connectivity index (χ4v) is 3.85. The van der Waals surface area contributed by atoms with E-state index in [1.54, 1.807) is 18.4 Å². The van der Waals surface area contributed by atoms with Crippen molar-refractivity contribution in [2.45, 2.75) is 32.4 Å². The summed E-state index contributed by atoms with van der Waals surface area (Å²) < 4.78 is 5.20. The number of methoxy groups -OCH3 is 1. The number of thiophene rings is 1. The van der Waals surface area contributed by atoms with Gasteiger partial charge in [0.25, 0.3) is 0 Å². The van der Waals surface area contributed by atoms with Gasteiger partial charge in [0.05, 0.1) is 6.61 Å². The van der Waals surface area contributed by atoms with E-state index in [0.29, 0.717) is 19.1 Å². The lowest BCUT2D eigenvalue weighted by Crippen LogP contribution is -2.25. The summed E-state index contributed by atoms with van der Waals surface area (Å²) in [5.41, 5.74) is 2.26. The minimum absolute atomic E-state index is 0.146. The standard InChI is InChI=1S/C18H21NO2S/c1-12-7-8-17(22-12)15-9-16(15)18(20)19-10-13-5-3-4-6-14(13)11-21-2/h3-8,15-16H,9-11H2,1-2H3,(H,19,20)/t15-,16+/m1/s1. The first-order valence-corrected chi connectivity index (χ1v) is 8.40. The van der Waals surface area contributed by atoms with Crippen LogP contribution in [0.4, 0.5) is 0 Å². The first kappa shape index (κ1) is 15.3. The lowest BCUT2D eigenvalue weighted by molar-refractivity contribution is -0.122. The second-order valence-corrected chi connectivity index (χ2v) is 7.14. The average molecular weight is 315 g/mol. The predicted molar refractivity (Wildman–Crippen MR) is 88.9 cm³/mol. The Balaban J connectivity index is 1.55. The fourth-order valence-electron chi connectivity index (χ4n) is 2.79. The van der Waals surface area contributed by atoms with Crippen molar-refractivity contribution in [1.82, 2.24) is 5.32 Å². The van der Waals surface area contributed by atoms with Gasteiger partial charge < -0.3 is 10.1 Å². The molecule has 0 bridgehead atoms. The molecule has 116 valence electrons. The molecule has 1 saturated carbocycles. The van der Waals surface area contributed by atoms with Crippen LogP contribution in [0.3, 0.4) is 0 Å². The first-order chi connectivity index (χ1) is 10.7. The number of carbonyl (C=O) groups excluding carboxylic acids is 1. The molecule has 3 rings (SSSR count). The van der Waals surface area contributed by atoms with E-state index in [1.165, 1.54) is 9.75 Å². The van der Waals surface area contributed by atoms with Crippen LogP contribution in [0.15, 0.2) is 36.4 Å². The van der Waals surface area contributed by atoms with E-state index >= 15 is 0 Å². The Bertz CT molecular complexity index is 665. The lowest BCUT2D eigenvalue weighted by atomic mass is 10.1. The van der Waals surface area contributed by atoms with Gasteiger partial charge in [0, 0.05) is 35.2 Å². The molecule has 0 unspecified atom stereocenters. The molecule has 1 aromatic heterocycles. The molecule has 2 atom stereocenters. The molecule has 0 spiro atoms. The number of nitrogens with one attached hydrogen (secondary N) is 1. The number of rotatable bonds is 6. The zero-order chi connectivity index (χ0) is 15.5. The van der Waals surface area contributed by atoms with E-state index in [-0.39, 0.29) is 11.8 Å². The van der Waals surface area contributed by atoms with Gasteiger partial charge in [-0.1, -0.05) is 24.3 Å². The number of carbonyl (C=O) groups is 1. The summed E-state index contributed by atoms with van der Waals surface area (Å²) in [6.07, 6.45) is 0.978. The van der Waals surface area contributed by atoms with Crippen LogP contribution < -0.4 is 5.32 Å². The number of aryl methyl sites for hydroxylation is 1. The third kappa shape index (κ3) is 3.39. The van der Waals surface area contributed by atoms with Crippen molar-refractivity contribution >= 4 is 17.2 Å². The molecule has 1 amide bonds. The Morgan fingerprint density at radius 3 is 2.73 bits per heavy atom. The average Bonchev–Trinajstić information content (AvgIpc) is 3.21. The van der Waals surface area contributed by atoms with E-state index < -0.39 is 0 Å². The Morgan fingerprint density at radius 1 is 1.27 bits per heavy atom. The van der Waals surface area contributed by atoms with Gasteiger partial charge >= 0.3 is 0 Å². The van der Waals surface area contributed by atoms with Crippen LogP contribution >= 0.6 is 11.3 Å². The molecule has 4 heteroatoms. The smallest absolute Gasteiger partial charge is 0.224 e. The molecule has 1 aliphatic carbocycles. The van der Waals surface area contributed by atoms with Crippen LogP contribution in [-0.4, -0.2) is 13.0 Å². The summed E-state index contributed by atoms with van der Waals surface area (Å²) in [5.74, 6) is 0.740. The second-order valence-electron chi connectivity index (χ2n) is 5.82. The molecular weight excluding hydrogens is 294 g/mol. The van der Waals surface area contributed by atoms with Crippen LogP contribution in [0.1, 0.15) is 33.2 Å². The molecule has 0 radical (unpaired) electrons. The molecule has 22 heavy (non-hydrogen) atoms. The SMILES string of the molecule is COCc1ccccc1CNC(=O)[C@H]1C[C@H]1c1ccc(C)s1. The Kier molecular flexibility index (Phi) is 4.60. The summed E-state index contributed by atoms with van der Waals surface area (Å²) >= 11 is 1.81. The summed E-state index contributed by atoms with van der Waals surface area (Å²) in [4.78, 5) is 15.0. The van der Waals surface area contributed by atoms with Crippen molar-refractivity contribution in [2.24, 2.45) is 5.92 Å². The molecule has 1 N–H and O–H groups in total. The maximum absolute atomic E-state index is 12.3. The number of ether oxygens (including phenoxy) is 1. The summed E-state index contributed by atoms with van der Waals surface area (Å²) in [7, 11) is 1.69. The maximum atomic E-state index is 12.3. The number of benzene rings is 1. The largest absolute Gasteiger partial charge is 0.380 e. The molecule has 2 aromatic rings.